The predicted molar refractivity (Wildman–Crippen MR) is 95.5 cm³/mol. The van der Waals surface area contributed by atoms with Crippen molar-refractivity contribution in [2.45, 2.75) is 59.4 Å². The quantitative estimate of drug-likeness (QED) is 0.732. The Hall–Kier alpha value is -1.74. The van der Waals surface area contributed by atoms with Crippen molar-refractivity contribution in [1.29, 1.82) is 0 Å². The Morgan fingerprint density at radius 2 is 1.35 bits per heavy atom. The summed E-state index contributed by atoms with van der Waals surface area (Å²) in [6, 6.07) is 12.1. The molecule has 0 fully saturated rings. The molecule has 1 atom stereocenters. The van der Waals surface area contributed by atoms with Crippen molar-refractivity contribution < 1.29 is 14.2 Å². The molecular formula is C20H28O3. The summed E-state index contributed by atoms with van der Waals surface area (Å²) < 4.78 is 17.8. The third kappa shape index (κ3) is 5.14. The van der Waals surface area contributed by atoms with Gasteiger partial charge in [-0.1, -0.05) is 24.3 Å². The van der Waals surface area contributed by atoms with Crippen LogP contribution in [0.1, 0.15) is 41.5 Å². The summed E-state index contributed by atoms with van der Waals surface area (Å²) in [7, 11) is 0. The Morgan fingerprint density at radius 1 is 0.826 bits per heavy atom. The van der Waals surface area contributed by atoms with Crippen molar-refractivity contribution in [3.05, 3.63) is 36.4 Å². The van der Waals surface area contributed by atoms with Crippen LogP contribution in [0.3, 0.4) is 0 Å². The Morgan fingerprint density at radius 3 is 1.83 bits per heavy atom. The SMILES string of the molecule is CC(C)Oc1cccc2c(OC(C)COC(C)(C)C)cccc12. The van der Waals surface area contributed by atoms with Gasteiger partial charge in [0.1, 0.15) is 17.6 Å². The first-order valence-electron chi connectivity index (χ1n) is 8.25. The molecule has 3 heteroatoms. The molecule has 0 aromatic heterocycles. The summed E-state index contributed by atoms with van der Waals surface area (Å²) in [5, 5.41) is 2.14. The molecule has 2 rings (SSSR count). The molecule has 0 saturated carbocycles. The lowest BCUT2D eigenvalue weighted by Gasteiger charge is -2.23. The normalized spacial score (nSPS) is 13.3. The highest BCUT2D eigenvalue weighted by Crippen LogP contribution is 2.33. The molecule has 0 N–H and O–H groups in total. The highest BCUT2D eigenvalue weighted by atomic mass is 16.5. The van der Waals surface area contributed by atoms with E-state index < -0.39 is 0 Å². The molecule has 3 nitrogen and oxygen atoms in total. The van der Waals surface area contributed by atoms with Crippen LogP contribution in [-0.4, -0.2) is 24.4 Å². The van der Waals surface area contributed by atoms with Crippen LogP contribution in [0.25, 0.3) is 10.8 Å². The summed E-state index contributed by atoms with van der Waals surface area (Å²) in [5.41, 5.74) is -0.158. The van der Waals surface area contributed by atoms with Gasteiger partial charge >= 0.3 is 0 Å². The van der Waals surface area contributed by atoms with Crippen LogP contribution in [-0.2, 0) is 4.74 Å². The number of hydrogen-bond donors (Lipinski definition) is 0. The Labute approximate surface area is 139 Å². The minimum atomic E-state index is -0.158. The van der Waals surface area contributed by atoms with Crippen molar-refractivity contribution in [2.24, 2.45) is 0 Å². The topological polar surface area (TPSA) is 27.7 Å². The maximum absolute atomic E-state index is 6.10. The first kappa shape index (κ1) is 17.6. The zero-order valence-corrected chi connectivity index (χ0v) is 15.1. The standard InChI is InChI=1S/C20H28O3/c1-14(2)22-18-11-7-10-17-16(18)9-8-12-19(17)23-15(3)13-21-20(4,5)6/h7-12,14-15H,13H2,1-6H3. The summed E-state index contributed by atoms with van der Waals surface area (Å²) in [6.07, 6.45) is 0.124. The van der Waals surface area contributed by atoms with E-state index >= 15 is 0 Å². The molecule has 2 aromatic carbocycles. The summed E-state index contributed by atoms with van der Waals surface area (Å²) in [5.74, 6) is 1.75. The van der Waals surface area contributed by atoms with E-state index in [4.69, 9.17) is 14.2 Å². The Kier molecular flexibility index (Phi) is 5.53. The van der Waals surface area contributed by atoms with Gasteiger partial charge in [0.05, 0.1) is 18.3 Å². The fourth-order valence-corrected chi connectivity index (χ4v) is 2.33. The van der Waals surface area contributed by atoms with E-state index in [1.807, 2.05) is 65.8 Å². The molecule has 0 amide bonds. The van der Waals surface area contributed by atoms with Gasteiger partial charge in [-0.05, 0) is 53.7 Å². The van der Waals surface area contributed by atoms with Gasteiger partial charge in [0.25, 0.3) is 0 Å². The van der Waals surface area contributed by atoms with E-state index in [0.717, 1.165) is 22.3 Å². The zero-order chi connectivity index (χ0) is 17.0. The van der Waals surface area contributed by atoms with Gasteiger partial charge in [-0.25, -0.2) is 0 Å². The molecule has 0 aliphatic carbocycles. The third-order valence-electron chi connectivity index (χ3n) is 3.28. The third-order valence-corrected chi connectivity index (χ3v) is 3.28. The van der Waals surface area contributed by atoms with Crippen molar-refractivity contribution in [1.82, 2.24) is 0 Å². The molecule has 0 heterocycles. The van der Waals surface area contributed by atoms with Gasteiger partial charge in [0.2, 0.25) is 0 Å². The lowest BCUT2D eigenvalue weighted by atomic mass is 10.1. The largest absolute Gasteiger partial charge is 0.490 e. The smallest absolute Gasteiger partial charge is 0.127 e. The second-order valence-corrected chi connectivity index (χ2v) is 7.13. The van der Waals surface area contributed by atoms with Crippen LogP contribution < -0.4 is 9.47 Å². The summed E-state index contributed by atoms with van der Waals surface area (Å²) in [6.45, 7) is 12.8. The number of ether oxygens (including phenoxy) is 3. The van der Waals surface area contributed by atoms with Gasteiger partial charge in [-0.3, -0.25) is 0 Å². The van der Waals surface area contributed by atoms with Crippen molar-refractivity contribution in [3.63, 3.8) is 0 Å². The van der Waals surface area contributed by atoms with E-state index in [-0.39, 0.29) is 17.8 Å². The van der Waals surface area contributed by atoms with E-state index in [9.17, 15) is 0 Å². The first-order chi connectivity index (χ1) is 10.8. The molecular weight excluding hydrogens is 288 g/mol. The number of hydrogen-bond acceptors (Lipinski definition) is 3. The molecule has 126 valence electrons. The van der Waals surface area contributed by atoms with Crippen molar-refractivity contribution >= 4 is 10.8 Å². The summed E-state index contributed by atoms with van der Waals surface area (Å²) >= 11 is 0. The molecule has 2 aromatic rings. The fraction of sp³-hybridized carbons (Fsp3) is 0.500. The van der Waals surface area contributed by atoms with Gasteiger partial charge in [0.15, 0.2) is 0 Å². The fourth-order valence-electron chi connectivity index (χ4n) is 2.33. The average molecular weight is 316 g/mol. The minimum Gasteiger partial charge on any atom is -0.490 e. The van der Waals surface area contributed by atoms with Gasteiger partial charge in [-0.2, -0.15) is 0 Å². The van der Waals surface area contributed by atoms with Gasteiger partial charge in [-0.15, -0.1) is 0 Å². The Balaban J connectivity index is 2.21. The Bertz CT molecular complexity index is 641. The molecule has 23 heavy (non-hydrogen) atoms. The minimum absolute atomic E-state index is 0.0190. The predicted octanol–water partition coefficient (Wildman–Crippen LogP) is 5.21. The van der Waals surface area contributed by atoms with Crippen LogP contribution in [0.5, 0.6) is 11.5 Å². The molecule has 0 bridgehead atoms. The molecule has 0 radical (unpaired) electrons. The second-order valence-electron chi connectivity index (χ2n) is 7.13. The van der Waals surface area contributed by atoms with Crippen LogP contribution in [0.15, 0.2) is 36.4 Å². The lowest BCUT2D eigenvalue weighted by molar-refractivity contribution is -0.0371. The molecule has 0 aliphatic heterocycles. The van der Waals surface area contributed by atoms with E-state index in [2.05, 4.69) is 12.1 Å². The zero-order valence-electron chi connectivity index (χ0n) is 15.1. The van der Waals surface area contributed by atoms with Gasteiger partial charge in [0, 0.05) is 10.8 Å². The molecule has 0 spiro atoms. The number of fused-ring (bicyclic) bond motifs is 1. The maximum Gasteiger partial charge on any atom is 0.127 e. The molecule has 1 unspecified atom stereocenters. The van der Waals surface area contributed by atoms with Crippen LogP contribution >= 0.6 is 0 Å². The molecule has 0 saturated heterocycles. The van der Waals surface area contributed by atoms with E-state index in [0.29, 0.717) is 6.61 Å². The molecule has 0 aliphatic rings. The monoisotopic (exact) mass is 316 g/mol. The number of rotatable bonds is 6. The van der Waals surface area contributed by atoms with Crippen LogP contribution in [0, 0.1) is 0 Å². The van der Waals surface area contributed by atoms with Crippen molar-refractivity contribution in [2.75, 3.05) is 6.61 Å². The maximum atomic E-state index is 6.10. The highest BCUT2D eigenvalue weighted by Gasteiger charge is 2.15. The van der Waals surface area contributed by atoms with Gasteiger partial charge < -0.3 is 14.2 Å². The average Bonchev–Trinajstić information content (AvgIpc) is 2.45. The second kappa shape index (κ2) is 7.22. The first-order valence-corrected chi connectivity index (χ1v) is 8.25. The van der Waals surface area contributed by atoms with Crippen molar-refractivity contribution in [3.8, 4) is 11.5 Å². The van der Waals surface area contributed by atoms with Crippen LogP contribution in [0.4, 0.5) is 0 Å². The highest BCUT2D eigenvalue weighted by molar-refractivity contribution is 5.93. The van der Waals surface area contributed by atoms with E-state index in [1.165, 1.54) is 0 Å². The van der Waals surface area contributed by atoms with E-state index in [1.54, 1.807) is 0 Å². The lowest BCUT2D eigenvalue weighted by Crippen LogP contribution is -2.27. The summed E-state index contributed by atoms with van der Waals surface area (Å²) in [4.78, 5) is 0. The van der Waals surface area contributed by atoms with Crippen LogP contribution in [0.2, 0.25) is 0 Å². The number of benzene rings is 2.